The van der Waals surface area contributed by atoms with Crippen LogP contribution in [0.2, 0.25) is 0 Å². The maximum absolute atomic E-state index is 2.74. The molecule has 0 aliphatic carbocycles. The minimum absolute atomic E-state index is 0.884. The third-order valence-corrected chi connectivity index (χ3v) is 4.35. The van der Waals surface area contributed by atoms with E-state index in [1.807, 2.05) is 0 Å². The van der Waals surface area contributed by atoms with Gasteiger partial charge in [-0.1, -0.05) is 105 Å². The first-order valence-electron chi connectivity index (χ1n) is 9.13. The Kier molecular flexibility index (Phi) is 14.4. The van der Waals surface area contributed by atoms with Gasteiger partial charge < -0.3 is 0 Å². The van der Waals surface area contributed by atoms with Crippen LogP contribution in [0.1, 0.15) is 105 Å². The molecule has 0 amide bonds. The standard InChI is InChI=1S/C19H39/c1-5-9-12-15-18(8-4)17-19(14-11-7-3)16-13-10-6-2/h17-19H,5-16H2,1-4H3. The molecule has 2 atom stereocenters. The molecule has 115 valence electrons. The SMILES string of the molecule is CCCCCC([CH]C(CCCC)CCCCC)CC. The summed E-state index contributed by atoms with van der Waals surface area (Å²) in [5, 5.41) is 0. The van der Waals surface area contributed by atoms with Crippen LogP contribution in [0.15, 0.2) is 0 Å². The smallest absolute Gasteiger partial charge is 0.0324 e. The molecule has 0 heterocycles. The Morgan fingerprint density at radius 2 is 1.05 bits per heavy atom. The summed E-state index contributed by atoms with van der Waals surface area (Å²) in [7, 11) is 0. The van der Waals surface area contributed by atoms with Crippen LogP contribution < -0.4 is 0 Å². The van der Waals surface area contributed by atoms with Crippen molar-refractivity contribution in [2.24, 2.45) is 11.8 Å². The van der Waals surface area contributed by atoms with Gasteiger partial charge in [-0.3, -0.25) is 0 Å². The van der Waals surface area contributed by atoms with E-state index < -0.39 is 0 Å². The minimum atomic E-state index is 0.884. The highest BCUT2D eigenvalue weighted by Gasteiger charge is 2.15. The predicted octanol–water partition coefficient (Wildman–Crippen LogP) is 7.18. The first kappa shape index (κ1) is 19.0. The largest absolute Gasteiger partial charge is 0.0654 e. The maximum Gasteiger partial charge on any atom is -0.0324 e. The van der Waals surface area contributed by atoms with Gasteiger partial charge >= 0.3 is 0 Å². The number of rotatable bonds is 14. The zero-order valence-corrected chi connectivity index (χ0v) is 14.2. The van der Waals surface area contributed by atoms with Gasteiger partial charge in [0, 0.05) is 0 Å². The van der Waals surface area contributed by atoms with Crippen LogP contribution in [-0.2, 0) is 0 Å². The van der Waals surface area contributed by atoms with Crippen molar-refractivity contribution in [2.45, 2.75) is 105 Å². The van der Waals surface area contributed by atoms with E-state index in [0.29, 0.717) is 0 Å². The molecule has 1 radical (unpaired) electrons. The molecule has 19 heavy (non-hydrogen) atoms. The molecule has 0 aliphatic rings. The maximum atomic E-state index is 2.74. The molecule has 0 rings (SSSR count). The van der Waals surface area contributed by atoms with Gasteiger partial charge in [-0.05, 0) is 18.3 Å². The van der Waals surface area contributed by atoms with E-state index in [9.17, 15) is 0 Å². The summed E-state index contributed by atoms with van der Waals surface area (Å²) >= 11 is 0. The molecule has 0 bridgehead atoms. The van der Waals surface area contributed by atoms with Gasteiger partial charge in [0.25, 0.3) is 0 Å². The average molecular weight is 268 g/mol. The zero-order chi connectivity index (χ0) is 14.3. The molecule has 0 aliphatic heterocycles. The van der Waals surface area contributed by atoms with Crippen LogP contribution >= 0.6 is 0 Å². The summed E-state index contributed by atoms with van der Waals surface area (Å²) in [5.41, 5.74) is 0. The molecule has 2 unspecified atom stereocenters. The summed E-state index contributed by atoms with van der Waals surface area (Å²) in [4.78, 5) is 0. The van der Waals surface area contributed by atoms with Crippen LogP contribution in [-0.4, -0.2) is 0 Å². The van der Waals surface area contributed by atoms with Gasteiger partial charge in [0.1, 0.15) is 0 Å². The number of hydrogen-bond donors (Lipinski definition) is 0. The normalized spacial score (nSPS) is 14.5. The Hall–Kier alpha value is 0. The van der Waals surface area contributed by atoms with Crippen molar-refractivity contribution in [1.82, 2.24) is 0 Å². The van der Waals surface area contributed by atoms with E-state index in [1.165, 1.54) is 77.0 Å². The van der Waals surface area contributed by atoms with Crippen molar-refractivity contribution in [3.05, 3.63) is 6.42 Å². The van der Waals surface area contributed by atoms with Crippen LogP contribution in [0, 0.1) is 18.3 Å². The van der Waals surface area contributed by atoms with Crippen LogP contribution in [0.4, 0.5) is 0 Å². The Morgan fingerprint density at radius 1 is 0.579 bits per heavy atom. The van der Waals surface area contributed by atoms with Crippen LogP contribution in [0.5, 0.6) is 0 Å². The van der Waals surface area contributed by atoms with Gasteiger partial charge in [0.05, 0.1) is 0 Å². The molecule has 0 spiro atoms. The molecule has 0 aromatic heterocycles. The third kappa shape index (κ3) is 11.5. The second kappa shape index (κ2) is 14.4. The summed E-state index contributed by atoms with van der Waals surface area (Å²) in [6.45, 7) is 9.31. The van der Waals surface area contributed by atoms with Crippen molar-refractivity contribution in [3.8, 4) is 0 Å². The zero-order valence-electron chi connectivity index (χ0n) is 14.2. The predicted molar refractivity (Wildman–Crippen MR) is 89.4 cm³/mol. The topological polar surface area (TPSA) is 0 Å². The Morgan fingerprint density at radius 3 is 1.53 bits per heavy atom. The molecular formula is C19H39. The van der Waals surface area contributed by atoms with Gasteiger partial charge in [0.2, 0.25) is 0 Å². The fraction of sp³-hybridized carbons (Fsp3) is 0.947. The summed E-state index contributed by atoms with van der Waals surface area (Å²) < 4.78 is 0. The Labute approximate surface area is 123 Å². The third-order valence-electron chi connectivity index (χ3n) is 4.35. The molecule has 0 fully saturated rings. The second-order valence-electron chi connectivity index (χ2n) is 6.25. The van der Waals surface area contributed by atoms with Gasteiger partial charge in [0.15, 0.2) is 0 Å². The summed E-state index contributed by atoms with van der Waals surface area (Å²) in [6.07, 6.45) is 19.6. The lowest BCUT2D eigenvalue weighted by Gasteiger charge is -2.22. The van der Waals surface area contributed by atoms with E-state index >= 15 is 0 Å². The number of hydrogen-bond acceptors (Lipinski definition) is 0. The van der Waals surface area contributed by atoms with E-state index in [-0.39, 0.29) is 0 Å². The fourth-order valence-electron chi connectivity index (χ4n) is 2.94. The highest BCUT2D eigenvalue weighted by molar-refractivity contribution is 4.83. The van der Waals surface area contributed by atoms with E-state index in [1.54, 1.807) is 0 Å². The molecule has 0 heteroatoms. The lowest BCUT2D eigenvalue weighted by Crippen LogP contribution is -2.10. The summed E-state index contributed by atoms with van der Waals surface area (Å²) in [6, 6.07) is 0. The Balaban J connectivity index is 4.00. The average Bonchev–Trinajstić information content (AvgIpc) is 2.43. The Bertz CT molecular complexity index is 161. The highest BCUT2D eigenvalue weighted by atomic mass is 14.2. The molecule has 0 aromatic rings. The molecular weight excluding hydrogens is 228 g/mol. The minimum Gasteiger partial charge on any atom is -0.0654 e. The lowest BCUT2D eigenvalue weighted by atomic mass is 9.83. The molecule has 0 aromatic carbocycles. The fourth-order valence-corrected chi connectivity index (χ4v) is 2.94. The van der Waals surface area contributed by atoms with Crippen molar-refractivity contribution < 1.29 is 0 Å². The van der Waals surface area contributed by atoms with Crippen LogP contribution in [0.25, 0.3) is 0 Å². The molecule has 0 saturated heterocycles. The first-order chi connectivity index (χ1) is 9.28. The molecule has 0 nitrogen and oxygen atoms in total. The van der Waals surface area contributed by atoms with Gasteiger partial charge in [-0.15, -0.1) is 0 Å². The summed E-state index contributed by atoms with van der Waals surface area (Å²) in [5.74, 6) is 1.79. The van der Waals surface area contributed by atoms with Gasteiger partial charge in [-0.2, -0.15) is 0 Å². The highest BCUT2D eigenvalue weighted by Crippen LogP contribution is 2.27. The quantitative estimate of drug-likeness (QED) is 0.292. The van der Waals surface area contributed by atoms with Crippen molar-refractivity contribution >= 4 is 0 Å². The van der Waals surface area contributed by atoms with E-state index in [2.05, 4.69) is 34.1 Å². The van der Waals surface area contributed by atoms with Crippen molar-refractivity contribution in [3.63, 3.8) is 0 Å². The van der Waals surface area contributed by atoms with Crippen molar-refractivity contribution in [1.29, 1.82) is 0 Å². The first-order valence-corrected chi connectivity index (χ1v) is 9.13. The van der Waals surface area contributed by atoms with Crippen molar-refractivity contribution in [2.75, 3.05) is 0 Å². The van der Waals surface area contributed by atoms with Crippen LogP contribution in [0.3, 0.4) is 0 Å². The monoisotopic (exact) mass is 267 g/mol. The number of unbranched alkanes of at least 4 members (excludes halogenated alkanes) is 5. The molecule has 0 N–H and O–H groups in total. The second-order valence-corrected chi connectivity index (χ2v) is 6.25. The van der Waals surface area contributed by atoms with E-state index in [0.717, 1.165) is 11.8 Å². The lowest BCUT2D eigenvalue weighted by molar-refractivity contribution is 0.386. The molecule has 0 saturated carbocycles. The van der Waals surface area contributed by atoms with Gasteiger partial charge in [-0.25, -0.2) is 0 Å². The van der Waals surface area contributed by atoms with E-state index in [4.69, 9.17) is 0 Å².